The van der Waals surface area contributed by atoms with Crippen molar-refractivity contribution in [3.8, 4) is 5.69 Å². The molecule has 2 nitrogen and oxygen atoms in total. The van der Waals surface area contributed by atoms with Crippen LogP contribution in [0.15, 0.2) is 91.1 Å². The van der Waals surface area contributed by atoms with Gasteiger partial charge in [-0.2, -0.15) is 0 Å². The zero-order valence-electron chi connectivity index (χ0n) is 12.1. The summed E-state index contributed by atoms with van der Waals surface area (Å²) in [6.07, 6.45) is 2.16. The molecule has 0 unspecified atom stereocenters. The van der Waals surface area contributed by atoms with Gasteiger partial charge in [-0.3, -0.25) is 0 Å². The average molecular weight is 284 g/mol. The van der Waals surface area contributed by atoms with E-state index in [9.17, 15) is 0 Å². The first kappa shape index (κ1) is 12.7. The molecule has 0 aliphatic carbocycles. The van der Waals surface area contributed by atoms with Crippen LogP contribution in [0.25, 0.3) is 16.6 Å². The van der Waals surface area contributed by atoms with E-state index in [2.05, 4.69) is 76.7 Å². The average Bonchev–Trinajstić information content (AvgIpc) is 2.96. The van der Waals surface area contributed by atoms with E-state index in [0.717, 1.165) is 11.4 Å². The second-order valence-corrected chi connectivity index (χ2v) is 5.26. The Hall–Kier alpha value is -3.00. The quantitative estimate of drug-likeness (QED) is 0.535. The highest BCUT2D eigenvalue weighted by molar-refractivity contribution is 5.95. The van der Waals surface area contributed by atoms with Crippen molar-refractivity contribution in [3.63, 3.8) is 0 Å². The van der Waals surface area contributed by atoms with E-state index in [1.807, 2.05) is 24.3 Å². The molecule has 0 aliphatic heterocycles. The highest BCUT2D eigenvalue weighted by Crippen LogP contribution is 2.30. The minimum Gasteiger partial charge on any atom is -0.354 e. The van der Waals surface area contributed by atoms with E-state index < -0.39 is 0 Å². The Balaban J connectivity index is 1.86. The van der Waals surface area contributed by atoms with Crippen molar-refractivity contribution in [3.05, 3.63) is 91.1 Å². The number of hydrogen-bond donors (Lipinski definition) is 1. The topological polar surface area (TPSA) is 17.0 Å². The zero-order valence-corrected chi connectivity index (χ0v) is 12.1. The van der Waals surface area contributed by atoms with Crippen molar-refractivity contribution in [1.29, 1.82) is 0 Å². The minimum atomic E-state index is 1.10. The summed E-state index contributed by atoms with van der Waals surface area (Å²) < 4.78 is 2.22. The van der Waals surface area contributed by atoms with E-state index >= 15 is 0 Å². The monoisotopic (exact) mass is 284 g/mol. The number of nitrogens with one attached hydrogen (secondary N) is 1. The van der Waals surface area contributed by atoms with Crippen LogP contribution in [-0.2, 0) is 0 Å². The Bertz CT molecular complexity index is 893. The molecule has 2 heteroatoms. The van der Waals surface area contributed by atoms with Crippen LogP contribution in [-0.4, -0.2) is 4.57 Å². The molecule has 0 aliphatic rings. The number of benzene rings is 3. The summed E-state index contributed by atoms with van der Waals surface area (Å²) in [4.78, 5) is 0. The second-order valence-electron chi connectivity index (χ2n) is 5.26. The van der Waals surface area contributed by atoms with Gasteiger partial charge in [-0.25, -0.2) is 0 Å². The normalized spacial score (nSPS) is 10.7. The Kier molecular flexibility index (Phi) is 3.13. The summed E-state index contributed by atoms with van der Waals surface area (Å²) >= 11 is 0. The Morgan fingerprint density at radius 3 is 2.05 bits per heavy atom. The molecule has 0 fully saturated rings. The van der Waals surface area contributed by atoms with Crippen molar-refractivity contribution < 1.29 is 0 Å². The first-order valence-corrected chi connectivity index (χ1v) is 7.39. The number of nitrogens with zero attached hydrogens (tertiary/aromatic N) is 1. The van der Waals surface area contributed by atoms with Crippen LogP contribution in [0.1, 0.15) is 0 Å². The fourth-order valence-electron chi connectivity index (χ4n) is 2.76. The molecule has 0 saturated carbocycles. The number of rotatable bonds is 3. The van der Waals surface area contributed by atoms with Crippen molar-refractivity contribution in [2.24, 2.45) is 0 Å². The second kappa shape index (κ2) is 5.41. The maximum absolute atomic E-state index is 3.52. The molecule has 0 radical (unpaired) electrons. The van der Waals surface area contributed by atoms with E-state index in [4.69, 9.17) is 0 Å². The predicted octanol–water partition coefficient (Wildman–Crippen LogP) is 5.37. The molecule has 3 aromatic carbocycles. The summed E-state index contributed by atoms with van der Waals surface area (Å²) in [5.74, 6) is 0. The summed E-state index contributed by atoms with van der Waals surface area (Å²) in [6, 6.07) is 29.1. The fraction of sp³-hybridized carbons (Fsp3) is 0. The van der Waals surface area contributed by atoms with E-state index in [1.165, 1.54) is 16.6 Å². The lowest BCUT2D eigenvalue weighted by molar-refractivity contribution is 1.13. The molecule has 1 aromatic heterocycles. The lowest BCUT2D eigenvalue weighted by Crippen LogP contribution is -1.91. The third-order valence-corrected chi connectivity index (χ3v) is 3.80. The van der Waals surface area contributed by atoms with E-state index in [1.54, 1.807) is 0 Å². The van der Waals surface area contributed by atoms with Crippen molar-refractivity contribution in [2.75, 3.05) is 5.32 Å². The first-order chi connectivity index (χ1) is 10.9. The lowest BCUT2D eigenvalue weighted by atomic mass is 10.2. The molecule has 1 heterocycles. The maximum Gasteiger partial charge on any atom is 0.0648 e. The van der Waals surface area contributed by atoms with Gasteiger partial charge in [-0.1, -0.05) is 54.6 Å². The van der Waals surface area contributed by atoms with Crippen LogP contribution in [0.3, 0.4) is 0 Å². The van der Waals surface area contributed by atoms with Gasteiger partial charge in [0.25, 0.3) is 0 Å². The summed E-state index contributed by atoms with van der Waals surface area (Å²) in [6.45, 7) is 0. The largest absolute Gasteiger partial charge is 0.354 e. The van der Waals surface area contributed by atoms with Crippen LogP contribution < -0.4 is 5.32 Å². The molecule has 0 saturated heterocycles. The molecule has 106 valence electrons. The predicted molar refractivity (Wildman–Crippen MR) is 93.0 cm³/mol. The third kappa shape index (κ3) is 2.25. The summed E-state index contributed by atoms with van der Waals surface area (Å²) in [5.41, 5.74) is 4.58. The van der Waals surface area contributed by atoms with Gasteiger partial charge < -0.3 is 9.88 Å². The summed E-state index contributed by atoms with van der Waals surface area (Å²) in [7, 11) is 0. The highest BCUT2D eigenvalue weighted by atomic mass is 15.0. The first-order valence-electron chi connectivity index (χ1n) is 7.39. The number of para-hydroxylation sites is 3. The van der Waals surface area contributed by atoms with Gasteiger partial charge in [0.2, 0.25) is 0 Å². The van der Waals surface area contributed by atoms with Crippen molar-refractivity contribution >= 4 is 22.3 Å². The van der Waals surface area contributed by atoms with Crippen LogP contribution in [0.5, 0.6) is 0 Å². The fourth-order valence-corrected chi connectivity index (χ4v) is 2.76. The van der Waals surface area contributed by atoms with Gasteiger partial charge in [-0.15, -0.1) is 0 Å². The minimum absolute atomic E-state index is 1.10. The molecular weight excluding hydrogens is 268 g/mol. The molecule has 0 spiro atoms. The van der Waals surface area contributed by atoms with Crippen molar-refractivity contribution in [1.82, 2.24) is 4.57 Å². The Labute approximate surface area is 129 Å². The lowest BCUT2D eigenvalue weighted by Gasteiger charge is -2.04. The highest BCUT2D eigenvalue weighted by Gasteiger charge is 2.09. The van der Waals surface area contributed by atoms with Crippen molar-refractivity contribution in [2.45, 2.75) is 0 Å². The van der Waals surface area contributed by atoms with Gasteiger partial charge in [0.05, 0.1) is 11.2 Å². The number of hydrogen-bond acceptors (Lipinski definition) is 1. The Morgan fingerprint density at radius 2 is 1.27 bits per heavy atom. The van der Waals surface area contributed by atoms with E-state index in [-0.39, 0.29) is 0 Å². The molecule has 22 heavy (non-hydrogen) atoms. The molecule has 4 rings (SSSR count). The molecule has 4 aromatic rings. The van der Waals surface area contributed by atoms with Gasteiger partial charge >= 0.3 is 0 Å². The van der Waals surface area contributed by atoms with Crippen LogP contribution in [0.2, 0.25) is 0 Å². The van der Waals surface area contributed by atoms with E-state index in [0.29, 0.717) is 0 Å². The molecule has 0 atom stereocenters. The number of aromatic nitrogens is 1. The summed E-state index contributed by atoms with van der Waals surface area (Å²) in [5, 5.41) is 4.73. The van der Waals surface area contributed by atoms with Crippen LogP contribution in [0, 0.1) is 0 Å². The van der Waals surface area contributed by atoms with Gasteiger partial charge in [0.15, 0.2) is 0 Å². The standard InChI is InChI=1S/C20H16N2/c1-3-9-16(10-4-1)21-19-15-22(17-11-5-2-6-12-17)20-14-8-7-13-18(19)20/h1-15,21H. The number of fused-ring (bicyclic) bond motifs is 1. The SMILES string of the molecule is c1ccc(Nc2cn(-c3ccccc3)c3ccccc23)cc1. The third-order valence-electron chi connectivity index (χ3n) is 3.80. The van der Waals surface area contributed by atoms with Crippen LogP contribution in [0.4, 0.5) is 11.4 Å². The maximum atomic E-state index is 3.52. The Morgan fingerprint density at radius 1 is 0.636 bits per heavy atom. The van der Waals surface area contributed by atoms with Gasteiger partial charge in [0, 0.05) is 23.0 Å². The smallest absolute Gasteiger partial charge is 0.0648 e. The zero-order chi connectivity index (χ0) is 14.8. The number of anilines is 2. The van der Waals surface area contributed by atoms with Gasteiger partial charge in [-0.05, 0) is 30.3 Å². The van der Waals surface area contributed by atoms with Gasteiger partial charge in [0.1, 0.15) is 0 Å². The molecule has 1 N–H and O–H groups in total. The molecule has 0 bridgehead atoms. The molecule has 0 amide bonds. The van der Waals surface area contributed by atoms with Crippen LogP contribution >= 0.6 is 0 Å². The molecular formula is C20H16N2.